The Morgan fingerprint density at radius 1 is 1.19 bits per heavy atom. The Morgan fingerprint density at radius 3 is 2.39 bits per heavy atom. The van der Waals surface area contributed by atoms with Crippen molar-refractivity contribution in [3.63, 3.8) is 0 Å². The van der Waals surface area contributed by atoms with Crippen molar-refractivity contribution in [2.24, 2.45) is 0 Å². The Balaban J connectivity index is 1.28. The molecular formula is C21H21N5O5. The Kier molecular flexibility index (Phi) is 5.20. The van der Waals surface area contributed by atoms with Gasteiger partial charge in [0.2, 0.25) is 0 Å². The minimum Gasteiger partial charge on any atom is -0.489 e. The molecule has 1 aromatic heterocycles. The smallest absolute Gasteiger partial charge is 0.415 e. The summed E-state index contributed by atoms with van der Waals surface area (Å²) in [5, 5.41) is 16.3. The van der Waals surface area contributed by atoms with Crippen LogP contribution in [0.2, 0.25) is 0 Å². The van der Waals surface area contributed by atoms with E-state index in [9.17, 15) is 14.9 Å². The monoisotopic (exact) mass is 423 g/mol. The van der Waals surface area contributed by atoms with Crippen LogP contribution in [0.15, 0.2) is 54.7 Å². The molecule has 4 rings (SSSR count). The number of nitrogens with zero attached hydrogens (tertiary/aromatic N) is 3. The summed E-state index contributed by atoms with van der Waals surface area (Å²) in [5.74, 6) is 0.359. The Bertz CT molecular complexity index is 1080. The summed E-state index contributed by atoms with van der Waals surface area (Å²) < 4.78 is 13.2. The van der Waals surface area contributed by atoms with Gasteiger partial charge in [0.05, 0.1) is 6.54 Å². The van der Waals surface area contributed by atoms with Gasteiger partial charge in [-0.15, -0.1) is 0 Å². The summed E-state index contributed by atoms with van der Waals surface area (Å²) in [6.07, 6.45) is 1.35. The number of carbonyl (C=O) groups is 1. The van der Waals surface area contributed by atoms with Crippen LogP contribution >= 0.6 is 0 Å². The molecule has 0 radical (unpaired) electrons. The Morgan fingerprint density at radius 2 is 1.81 bits per heavy atom. The maximum atomic E-state index is 12.1. The Labute approximate surface area is 178 Å². The average Bonchev–Trinajstić information content (AvgIpc) is 3.25. The molecule has 2 aromatic carbocycles. The molecule has 2 N–H and O–H groups in total. The van der Waals surface area contributed by atoms with Crippen molar-refractivity contribution < 1.29 is 19.2 Å². The molecule has 1 atom stereocenters. The third-order valence-corrected chi connectivity index (χ3v) is 4.72. The first-order valence-electron chi connectivity index (χ1n) is 9.58. The summed E-state index contributed by atoms with van der Waals surface area (Å²) >= 11 is 0. The summed E-state index contributed by atoms with van der Waals surface area (Å²) in [6.45, 7) is 4.44. The van der Waals surface area contributed by atoms with Gasteiger partial charge in [-0.2, -0.15) is 0 Å². The summed E-state index contributed by atoms with van der Waals surface area (Å²) in [6, 6.07) is 14.3. The van der Waals surface area contributed by atoms with E-state index < -0.39 is 10.5 Å². The number of benzene rings is 2. The molecule has 0 fully saturated rings. The third-order valence-electron chi connectivity index (χ3n) is 4.72. The molecule has 0 bridgehead atoms. The van der Waals surface area contributed by atoms with E-state index in [-0.39, 0.29) is 24.5 Å². The van der Waals surface area contributed by atoms with E-state index in [2.05, 4.69) is 15.6 Å². The normalized spacial score (nSPS) is 16.8. The maximum absolute atomic E-state index is 12.1. The fourth-order valence-corrected chi connectivity index (χ4v) is 3.16. The predicted molar refractivity (Wildman–Crippen MR) is 114 cm³/mol. The molecule has 0 saturated carbocycles. The molecule has 0 saturated heterocycles. The van der Waals surface area contributed by atoms with Crippen LogP contribution < -0.4 is 20.1 Å². The molecule has 1 aliphatic heterocycles. The van der Waals surface area contributed by atoms with Crippen molar-refractivity contribution in [1.29, 1.82) is 0 Å². The number of aryl methyl sites for hydroxylation is 1. The quantitative estimate of drug-likeness (QED) is 0.457. The summed E-state index contributed by atoms with van der Waals surface area (Å²) in [5.41, 5.74) is 1.75. The maximum Gasteiger partial charge on any atom is 0.415 e. The van der Waals surface area contributed by atoms with E-state index in [0.717, 1.165) is 5.56 Å². The Hall–Kier alpha value is -4.08. The lowest BCUT2D eigenvalue weighted by atomic mass is 10.1. The van der Waals surface area contributed by atoms with E-state index in [1.54, 1.807) is 28.8 Å². The first-order chi connectivity index (χ1) is 14.8. The number of hydrogen-bond donors (Lipinski definition) is 2. The molecule has 10 nitrogen and oxygen atoms in total. The molecule has 0 unspecified atom stereocenters. The van der Waals surface area contributed by atoms with Crippen LogP contribution in [0.3, 0.4) is 0 Å². The molecule has 1 aliphatic rings. The van der Waals surface area contributed by atoms with Crippen molar-refractivity contribution >= 4 is 23.2 Å². The van der Waals surface area contributed by atoms with Crippen molar-refractivity contribution in [3.05, 3.63) is 70.4 Å². The van der Waals surface area contributed by atoms with Crippen LogP contribution in [-0.2, 0) is 6.54 Å². The number of hydrogen-bond acceptors (Lipinski definition) is 6. The SMILES string of the molecule is Cc1ccc(NC(=O)Nc2ccc(OC[C@@]3(C)Cn4cc([N+](=O)[O-])nc4O3)cc2)cc1. The van der Waals surface area contributed by atoms with Crippen LogP contribution in [0, 0.1) is 17.0 Å². The van der Waals surface area contributed by atoms with E-state index in [1.165, 1.54) is 6.20 Å². The van der Waals surface area contributed by atoms with Gasteiger partial charge < -0.3 is 30.2 Å². The lowest BCUT2D eigenvalue weighted by molar-refractivity contribution is -0.389. The molecular weight excluding hydrogens is 402 g/mol. The zero-order chi connectivity index (χ0) is 22.0. The second kappa shape index (κ2) is 7.98. The number of rotatable bonds is 6. The first-order valence-corrected chi connectivity index (χ1v) is 9.58. The van der Waals surface area contributed by atoms with Crippen LogP contribution in [0.1, 0.15) is 12.5 Å². The van der Waals surface area contributed by atoms with Gasteiger partial charge in [0.25, 0.3) is 0 Å². The van der Waals surface area contributed by atoms with Gasteiger partial charge in [-0.3, -0.25) is 4.57 Å². The van der Waals surface area contributed by atoms with E-state index in [1.807, 2.05) is 38.1 Å². The van der Waals surface area contributed by atoms with Crippen molar-refractivity contribution in [2.75, 3.05) is 17.2 Å². The zero-order valence-corrected chi connectivity index (χ0v) is 17.0. The number of fused-ring (bicyclic) bond motifs is 1. The van der Waals surface area contributed by atoms with Gasteiger partial charge >= 0.3 is 17.9 Å². The number of amides is 2. The van der Waals surface area contributed by atoms with Gasteiger partial charge in [0.15, 0.2) is 5.60 Å². The molecule has 0 aliphatic carbocycles. The topological polar surface area (TPSA) is 121 Å². The molecule has 3 aromatic rings. The first kappa shape index (κ1) is 20.2. The number of urea groups is 1. The summed E-state index contributed by atoms with van der Waals surface area (Å²) in [7, 11) is 0. The fraction of sp³-hybridized carbons (Fsp3) is 0.238. The summed E-state index contributed by atoms with van der Waals surface area (Å²) in [4.78, 5) is 26.2. The number of ether oxygens (including phenoxy) is 2. The highest BCUT2D eigenvalue weighted by molar-refractivity contribution is 5.99. The molecule has 10 heteroatoms. The predicted octanol–water partition coefficient (Wildman–Crippen LogP) is 3.97. The number of nitro groups is 1. The lowest BCUT2D eigenvalue weighted by Gasteiger charge is -2.22. The number of carbonyl (C=O) groups excluding carboxylic acids is 1. The van der Waals surface area contributed by atoms with Gasteiger partial charge in [0, 0.05) is 16.4 Å². The lowest BCUT2D eigenvalue weighted by Crippen LogP contribution is -2.38. The molecule has 2 heterocycles. The second-order valence-electron chi connectivity index (χ2n) is 7.58. The second-order valence-corrected chi connectivity index (χ2v) is 7.58. The minimum absolute atomic E-state index is 0.205. The van der Waals surface area contributed by atoms with Crippen LogP contribution in [0.5, 0.6) is 11.8 Å². The van der Waals surface area contributed by atoms with Crippen molar-refractivity contribution in [3.8, 4) is 11.8 Å². The molecule has 0 spiro atoms. The van der Waals surface area contributed by atoms with Gasteiger partial charge in [-0.25, -0.2) is 4.79 Å². The number of imidazole rings is 1. The average molecular weight is 423 g/mol. The highest BCUT2D eigenvalue weighted by Crippen LogP contribution is 2.31. The highest BCUT2D eigenvalue weighted by Gasteiger charge is 2.41. The standard InChI is InChI=1S/C21H21N5O5/c1-14-3-5-15(6-4-14)22-19(27)23-16-7-9-17(10-8-16)30-13-21(2)12-25-11-18(26(28)29)24-20(25)31-21/h3-11H,12-13H2,1-2H3,(H2,22,23,27)/t21-/m1/s1. The minimum atomic E-state index is -0.692. The van der Waals surface area contributed by atoms with Crippen molar-refractivity contribution in [1.82, 2.24) is 9.55 Å². The van der Waals surface area contributed by atoms with E-state index >= 15 is 0 Å². The third kappa shape index (κ3) is 4.74. The van der Waals surface area contributed by atoms with Gasteiger partial charge in [0.1, 0.15) is 18.6 Å². The number of nitrogens with one attached hydrogen (secondary N) is 2. The largest absolute Gasteiger partial charge is 0.489 e. The highest BCUT2D eigenvalue weighted by atomic mass is 16.6. The van der Waals surface area contributed by atoms with Crippen LogP contribution in [0.4, 0.5) is 22.0 Å². The van der Waals surface area contributed by atoms with Crippen molar-refractivity contribution in [2.45, 2.75) is 26.0 Å². The number of aromatic nitrogens is 2. The van der Waals surface area contributed by atoms with Crippen LogP contribution in [-0.4, -0.2) is 32.7 Å². The molecule has 31 heavy (non-hydrogen) atoms. The molecule has 2 amide bonds. The zero-order valence-electron chi connectivity index (χ0n) is 17.0. The van der Waals surface area contributed by atoms with E-state index in [4.69, 9.17) is 9.47 Å². The van der Waals surface area contributed by atoms with E-state index in [0.29, 0.717) is 23.7 Å². The van der Waals surface area contributed by atoms with Gasteiger partial charge in [-0.05, 0) is 55.2 Å². The number of anilines is 2. The van der Waals surface area contributed by atoms with Crippen LogP contribution in [0.25, 0.3) is 0 Å². The molecule has 160 valence electrons. The van der Waals surface area contributed by atoms with Gasteiger partial charge in [-0.1, -0.05) is 17.7 Å². The fourth-order valence-electron chi connectivity index (χ4n) is 3.16.